The molecule has 7 heteroatoms. The van der Waals surface area contributed by atoms with Crippen LogP contribution in [-0.2, 0) is 0 Å². The zero-order chi connectivity index (χ0) is 22.2. The maximum absolute atomic E-state index is 13.5. The van der Waals surface area contributed by atoms with Gasteiger partial charge in [0.2, 0.25) is 0 Å². The van der Waals surface area contributed by atoms with Crippen LogP contribution < -0.4 is 5.56 Å². The summed E-state index contributed by atoms with van der Waals surface area (Å²) in [5.74, 6) is 0.805. The molecule has 0 spiro atoms. The molecule has 0 saturated heterocycles. The van der Waals surface area contributed by atoms with Crippen molar-refractivity contribution in [2.75, 3.05) is 7.05 Å². The first-order valence-electron chi connectivity index (χ1n) is 12.2. The van der Waals surface area contributed by atoms with Gasteiger partial charge in [-0.05, 0) is 80.1 Å². The molecular formula is C25H34N6O. The Hall–Kier alpha value is -2.54. The molecule has 1 N–H and O–H groups in total. The van der Waals surface area contributed by atoms with E-state index in [1.807, 2.05) is 4.68 Å². The summed E-state index contributed by atoms with van der Waals surface area (Å²) in [6.45, 7) is 4.15. The molecular weight excluding hydrogens is 400 g/mol. The SMILES string of the molecule is Cc1cc(C)c2[nH]c(=O)c(C(c3nnnn3C3CCCC3)N(C)C3CCCCC3)cc2c1. The van der Waals surface area contributed by atoms with Crippen LogP contribution in [0.1, 0.15) is 92.4 Å². The molecule has 2 heterocycles. The molecule has 3 aromatic rings. The number of hydrogen-bond donors (Lipinski definition) is 1. The molecule has 2 aliphatic rings. The van der Waals surface area contributed by atoms with Gasteiger partial charge in [-0.15, -0.1) is 5.10 Å². The molecule has 0 aliphatic heterocycles. The van der Waals surface area contributed by atoms with Crippen LogP contribution >= 0.6 is 0 Å². The minimum Gasteiger partial charge on any atom is -0.321 e. The van der Waals surface area contributed by atoms with Crippen molar-refractivity contribution >= 4 is 10.9 Å². The van der Waals surface area contributed by atoms with Gasteiger partial charge in [-0.3, -0.25) is 9.69 Å². The molecule has 1 aromatic carbocycles. The average Bonchev–Trinajstić information content (AvgIpc) is 3.47. The van der Waals surface area contributed by atoms with E-state index in [1.54, 1.807) is 0 Å². The fourth-order valence-corrected chi connectivity index (χ4v) is 5.94. The normalized spacial score (nSPS) is 19.2. The van der Waals surface area contributed by atoms with E-state index in [-0.39, 0.29) is 11.6 Å². The van der Waals surface area contributed by atoms with Gasteiger partial charge in [0.15, 0.2) is 5.82 Å². The number of pyridine rings is 1. The third-order valence-electron chi connectivity index (χ3n) is 7.61. The van der Waals surface area contributed by atoms with Crippen LogP contribution in [-0.4, -0.2) is 43.2 Å². The highest BCUT2D eigenvalue weighted by Gasteiger charge is 2.34. The molecule has 1 atom stereocenters. The third-order valence-corrected chi connectivity index (χ3v) is 7.61. The molecule has 2 aromatic heterocycles. The van der Waals surface area contributed by atoms with Gasteiger partial charge in [-0.25, -0.2) is 4.68 Å². The first kappa shape index (κ1) is 21.3. The molecule has 0 bridgehead atoms. The van der Waals surface area contributed by atoms with Crippen molar-refractivity contribution < 1.29 is 0 Å². The van der Waals surface area contributed by atoms with Crippen LogP contribution in [0.5, 0.6) is 0 Å². The highest BCUT2D eigenvalue weighted by atomic mass is 16.1. The van der Waals surface area contributed by atoms with E-state index in [9.17, 15) is 4.79 Å². The second kappa shape index (κ2) is 8.77. The van der Waals surface area contributed by atoms with Gasteiger partial charge >= 0.3 is 0 Å². The summed E-state index contributed by atoms with van der Waals surface area (Å²) in [6, 6.07) is 6.83. The second-order valence-electron chi connectivity index (χ2n) is 9.88. The van der Waals surface area contributed by atoms with E-state index in [2.05, 4.69) is 64.5 Å². The summed E-state index contributed by atoms with van der Waals surface area (Å²) in [6.07, 6.45) is 10.7. The molecule has 2 fully saturated rings. The zero-order valence-electron chi connectivity index (χ0n) is 19.5. The number of rotatable bonds is 5. The predicted molar refractivity (Wildman–Crippen MR) is 126 cm³/mol. The Kier molecular flexibility index (Phi) is 5.84. The lowest BCUT2D eigenvalue weighted by molar-refractivity contribution is 0.147. The minimum atomic E-state index is -0.261. The summed E-state index contributed by atoms with van der Waals surface area (Å²) in [4.78, 5) is 19.0. The Bertz CT molecular complexity index is 1150. The number of benzene rings is 1. The van der Waals surface area contributed by atoms with Crippen LogP contribution in [0, 0.1) is 13.8 Å². The summed E-state index contributed by atoms with van der Waals surface area (Å²) in [5, 5.41) is 14.1. The standard InChI is InChI=1S/C25H34N6O/c1-16-13-17(2)22-18(14-16)15-21(25(32)26-22)23(30(3)19-9-5-4-6-10-19)24-27-28-29-31(24)20-11-7-8-12-20/h13-15,19-20,23H,4-12H2,1-3H3,(H,26,32). The van der Waals surface area contributed by atoms with Crippen LogP contribution in [0.25, 0.3) is 10.9 Å². The molecule has 0 radical (unpaired) electrons. The number of aryl methyl sites for hydroxylation is 2. The summed E-state index contributed by atoms with van der Waals surface area (Å²) < 4.78 is 2.02. The lowest BCUT2D eigenvalue weighted by Gasteiger charge is -2.36. The molecule has 5 rings (SSSR count). The van der Waals surface area contributed by atoms with E-state index >= 15 is 0 Å². The number of aromatic amines is 1. The van der Waals surface area contributed by atoms with Crippen molar-refractivity contribution in [1.82, 2.24) is 30.1 Å². The van der Waals surface area contributed by atoms with Crippen LogP contribution in [0.3, 0.4) is 0 Å². The third kappa shape index (κ3) is 3.87. The topological polar surface area (TPSA) is 79.7 Å². The number of H-pyrrole nitrogens is 1. The molecule has 170 valence electrons. The van der Waals surface area contributed by atoms with Crippen LogP contribution in [0.15, 0.2) is 23.0 Å². The summed E-state index contributed by atoms with van der Waals surface area (Å²) in [5.41, 5.74) is 3.90. The second-order valence-corrected chi connectivity index (χ2v) is 9.88. The number of nitrogens with zero attached hydrogens (tertiary/aromatic N) is 5. The first-order valence-corrected chi connectivity index (χ1v) is 12.2. The quantitative estimate of drug-likeness (QED) is 0.635. The van der Waals surface area contributed by atoms with Gasteiger partial charge < -0.3 is 4.98 Å². The first-order chi connectivity index (χ1) is 15.5. The van der Waals surface area contributed by atoms with Crippen molar-refractivity contribution in [3.8, 4) is 0 Å². The highest BCUT2D eigenvalue weighted by Crippen LogP contribution is 2.36. The monoisotopic (exact) mass is 434 g/mol. The Labute approximate surface area is 189 Å². The minimum absolute atomic E-state index is 0.0434. The number of aromatic nitrogens is 5. The molecule has 1 unspecified atom stereocenters. The molecule has 32 heavy (non-hydrogen) atoms. The van der Waals surface area contributed by atoms with Gasteiger partial charge in [0.05, 0.1) is 11.6 Å². The van der Waals surface area contributed by atoms with Crippen molar-refractivity contribution in [3.05, 3.63) is 51.1 Å². The van der Waals surface area contributed by atoms with Crippen molar-refractivity contribution in [2.24, 2.45) is 0 Å². The Balaban J connectivity index is 1.66. The fourth-order valence-electron chi connectivity index (χ4n) is 5.94. The maximum atomic E-state index is 13.5. The van der Waals surface area contributed by atoms with E-state index in [0.717, 1.165) is 53.5 Å². The number of hydrogen-bond acceptors (Lipinski definition) is 5. The van der Waals surface area contributed by atoms with Gasteiger partial charge in [-0.1, -0.05) is 43.7 Å². The van der Waals surface area contributed by atoms with Crippen LogP contribution in [0.4, 0.5) is 0 Å². The van der Waals surface area contributed by atoms with E-state index < -0.39 is 0 Å². The lowest BCUT2D eigenvalue weighted by Crippen LogP contribution is -2.40. The van der Waals surface area contributed by atoms with E-state index in [4.69, 9.17) is 0 Å². The van der Waals surface area contributed by atoms with Crippen molar-refractivity contribution in [1.29, 1.82) is 0 Å². The maximum Gasteiger partial charge on any atom is 0.253 e. The number of tetrazole rings is 1. The predicted octanol–water partition coefficient (Wildman–Crippen LogP) is 4.60. The summed E-state index contributed by atoms with van der Waals surface area (Å²) in [7, 11) is 2.15. The largest absolute Gasteiger partial charge is 0.321 e. The molecule has 2 aliphatic carbocycles. The number of fused-ring (bicyclic) bond motifs is 1. The smallest absolute Gasteiger partial charge is 0.253 e. The van der Waals surface area contributed by atoms with Gasteiger partial charge in [0.1, 0.15) is 6.04 Å². The molecule has 0 amide bonds. The van der Waals surface area contributed by atoms with Crippen molar-refractivity contribution in [3.63, 3.8) is 0 Å². The van der Waals surface area contributed by atoms with E-state index in [0.29, 0.717) is 12.1 Å². The van der Waals surface area contributed by atoms with E-state index in [1.165, 1.54) is 37.7 Å². The lowest BCUT2D eigenvalue weighted by atomic mass is 9.92. The van der Waals surface area contributed by atoms with Gasteiger partial charge in [0, 0.05) is 11.6 Å². The molecule has 2 saturated carbocycles. The Morgan fingerprint density at radius 2 is 1.75 bits per heavy atom. The van der Waals surface area contributed by atoms with Crippen molar-refractivity contribution in [2.45, 2.75) is 89.8 Å². The van der Waals surface area contributed by atoms with Crippen LogP contribution in [0.2, 0.25) is 0 Å². The zero-order valence-corrected chi connectivity index (χ0v) is 19.5. The van der Waals surface area contributed by atoms with Gasteiger partial charge in [0.25, 0.3) is 5.56 Å². The highest BCUT2D eigenvalue weighted by molar-refractivity contribution is 5.83. The summed E-state index contributed by atoms with van der Waals surface area (Å²) >= 11 is 0. The Morgan fingerprint density at radius 3 is 2.50 bits per heavy atom. The number of nitrogens with one attached hydrogen (secondary N) is 1. The Morgan fingerprint density at radius 1 is 1.03 bits per heavy atom. The fraction of sp³-hybridized carbons (Fsp3) is 0.600. The van der Waals surface area contributed by atoms with Gasteiger partial charge in [-0.2, -0.15) is 0 Å². The average molecular weight is 435 g/mol. The molecule has 7 nitrogen and oxygen atoms in total.